The normalized spacial score (nSPS) is 10.6. The van der Waals surface area contributed by atoms with Crippen LogP contribution in [0.15, 0.2) is 35.1 Å². The molecule has 0 unspecified atom stereocenters. The number of benzene rings is 1. The molecule has 0 radical (unpaired) electrons. The van der Waals surface area contributed by atoms with Crippen molar-refractivity contribution in [1.82, 2.24) is 15.0 Å². The van der Waals surface area contributed by atoms with E-state index in [0.29, 0.717) is 5.56 Å². The molecule has 0 saturated carbocycles. The number of carbonyl (C=O) groups excluding carboxylic acids is 1. The fraction of sp³-hybridized carbons (Fsp3) is 0.286. The van der Waals surface area contributed by atoms with E-state index < -0.39 is 0 Å². The van der Waals surface area contributed by atoms with Gasteiger partial charge >= 0.3 is 0 Å². The highest BCUT2D eigenvalue weighted by Crippen LogP contribution is 2.20. The van der Waals surface area contributed by atoms with Crippen molar-refractivity contribution < 1.29 is 4.79 Å². The predicted octanol–water partition coefficient (Wildman–Crippen LogP) is 2.25. The summed E-state index contributed by atoms with van der Waals surface area (Å²) in [4.78, 5) is 15.8. The van der Waals surface area contributed by atoms with Crippen molar-refractivity contribution in [2.24, 2.45) is 5.84 Å². The summed E-state index contributed by atoms with van der Waals surface area (Å²) in [6, 6.07) is 5.46. The molecule has 2 rings (SSSR count). The first kappa shape index (κ1) is 14.7. The van der Waals surface area contributed by atoms with Crippen LogP contribution in [0.2, 0.25) is 0 Å². The molecule has 2 aromatic rings. The molecule has 0 aliphatic carbocycles. The third-order valence-corrected chi connectivity index (χ3v) is 3.80. The van der Waals surface area contributed by atoms with Crippen LogP contribution in [0.3, 0.4) is 0 Å². The Morgan fingerprint density at radius 3 is 2.95 bits per heavy atom. The Morgan fingerprint density at radius 2 is 2.30 bits per heavy atom. The number of nitrogens with zero attached hydrogens (tertiary/aromatic N) is 2. The largest absolute Gasteiger partial charge is 0.330 e. The summed E-state index contributed by atoms with van der Waals surface area (Å²) < 4.78 is 3.00. The molecule has 20 heavy (non-hydrogen) atoms. The smallest absolute Gasteiger partial charge is 0.265 e. The van der Waals surface area contributed by atoms with Crippen molar-refractivity contribution in [2.45, 2.75) is 26.3 Å². The second-order valence-corrected chi connectivity index (χ2v) is 5.36. The fourth-order valence-electron chi connectivity index (χ4n) is 2.02. The second-order valence-electron chi connectivity index (χ2n) is 4.50. The van der Waals surface area contributed by atoms with Gasteiger partial charge in [-0.15, -0.1) is 0 Å². The molecule has 1 heterocycles. The van der Waals surface area contributed by atoms with Gasteiger partial charge in [-0.25, -0.2) is 10.8 Å². The number of carbonyl (C=O) groups is 1. The van der Waals surface area contributed by atoms with Crippen molar-refractivity contribution in [3.8, 4) is 0 Å². The van der Waals surface area contributed by atoms with Crippen LogP contribution in [-0.2, 0) is 13.0 Å². The maximum Gasteiger partial charge on any atom is 0.265 e. The Morgan fingerprint density at radius 1 is 1.50 bits per heavy atom. The van der Waals surface area contributed by atoms with Crippen LogP contribution >= 0.6 is 15.9 Å². The molecule has 0 bridgehead atoms. The summed E-state index contributed by atoms with van der Waals surface area (Å²) in [7, 11) is 0. The van der Waals surface area contributed by atoms with E-state index >= 15 is 0 Å². The van der Waals surface area contributed by atoms with Crippen molar-refractivity contribution >= 4 is 21.8 Å². The van der Waals surface area contributed by atoms with Gasteiger partial charge in [-0.05, 0) is 24.1 Å². The van der Waals surface area contributed by atoms with Gasteiger partial charge in [0.25, 0.3) is 5.91 Å². The topological polar surface area (TPSA) is 72.9 Å². The monoisotopic (exact) mass is 336 g/mol. The van der Waals surface area contributed by atoms with Crippen molar-refractivity contribution in [3.05, 3.63) is 52.0 Å². The first-order chi connectivity index (χ1) is 9.65. The molecule has 0 saturated heterocycles. The molecule has 5 nitrogen and oxygen atoms in total. The minimum Gasteiger partial charge on any atom is -0.330 e. The highest BCUT2D eigenvalue weighted by molar-refractivity contribution is 9.10. The van der Waals surface area contributed by atoms with Gasteiger partial charge in [0.2, 0.25) is 0 Å². The quantitative estimate of drug-likeness (QED) is 0.499. The zero-order valence-electron chi connectivity index (χ0n) is 11.3. The summed E-state index contributed by atoms with van der Waals surface area (Å²) >= 11 is 3.50. The third-order valence-electron chi connectivity index (χ3n) is 3.06. The number of imidazole rings is 1. The minimum atomic E-state index is -0.299. The molecule has 1 aromatic carbocycles. The van der Waals surface area contributed by atoms with E-state index in [9.17, 15) is 4.79 Å². The van der Waals surface area contributed by atoms with E-state index in [4.69, 9.17) is 5.84 Å². The van der Waals surface area contributed by atoms with Gasteiger partial charge in [0, 0.05) is 35.4 Å². The molecule has 1 aromatic heterocycles. The number of aryl methyl sites for hydroxylation is 1. The number of amides is 1. The van der Waals surface area contributed by atoms with Gasteiger partial charge in [-0.2, -0.15) is 0 Å². The molecule has 6 heteroatoms. The van der Waals surface area contributed by atoms with Crippen molar-refractivity contribution in [2.75, 3.05) is 0 Å². The highest BCUT2D eigenvalue weighted by Gasteiger charge is 2.09. The lowest BCUT2D eigenvalue weighted by Gasteiger charge is -2.10. The molecular weight excluding hydrogens is 320 g/mol. The first-order valence-corrected chi connectivity index (χ1v) is 7.24. The number of rotatable bonds is 5. The van der Waals surface area contributed by atoms with Gasteiger partial charge in [-0.3, -0.25) is 10.2 Å². The number of aromatic nitrogens is 2. The Balaban J connectivity index is 2.21. The van der Waals surface area contributed by atoms with E-state index in [1.54, 1.807) is 12.1 Å². The summed E-state index contributed by atoms with van der Waals surface area (Å²) in [5.74, 6) is 5.90. The molecule has 0 atom stereocenters. The average Bonchev–Trinajstić information content (AvgIpc) is 2.88. The number of hydrogen-bond acceptors (Lipinski definition) is 3. The number of halogens is 1. The maximum atomic E-state index is 11.5. The molecular formula is C14H17BrN4O. The fourth-order valence-corrected chi connectivity index (χ4v) is 2.52. The number of nitrogens with one attached hydrogen (secondary N) is 1. The van der Waals surface area contributed by atoms with Gasteiger partial charge < -0.3 is 4.57 Å². The van der Waals surface area contributed by atoms with E-state index in [2.05, 4.69) is 37.8 Å². The van der Waals surface area contributed by atoms with Gasteiger partial charge in [0.1, 0.15) is 5.82 Å². The average molecular weight is 337 g/mol. The van der Waals surface area contributed by atoms with Crippen LogP contribution < -0.4 is 11.3 Å². The van der Waals surface area contributed by atoms with E-state index in [-0.39, 0.29) is 5.91 Å². The molecule has 3 N–H and O–H groups in total. The Kier molecular flexibility index (Phi) is 4.92. The van der Waals surface area contributed by atoms with Crippen molar-refractivity contribution in [1.29, 1.82) is 0 Å². The van der Waals surface area contributed by atoms with Crippen LogP contribution in [0, 0.1) is 0 Å². The lowest BCUT2D eigenvalue weighted by molar-refractivity contribution is 0.0953. The van der Waals surface area contributed by atoms with Gasteiger partial charge in [0.15, 0.2) is 0 Å². The number of hydrogen-bond donors (Lipinski definition) is 2. The van der Waals surface area contributed by atoms with Crippen LogP contribution in [-0.4, -0.2) is 15.5 Å². The molecule has 0 aliphatic heterocycles. The van der Waals surface area contributed by atoms with Crippen LogP contribution in [0.4, 0.5) is 0 Å². The second kappa shape index (κ2) is 6.67. The minimum absolute atomic E-state index is 0.299. The van der Waals surface area contributed by atoms with Crippen LogP contribution in [0.25, 0.3) is 0 Å². The molecule has 0 spiro atoms. The zero-order chi connectivity index (χ0) is 14.5. The Bertz CT molecular complexity index is 609. The molecule has 1 amide bonds. The van der Waals surface area contributed by atoms with E-state index in [1.807, 2.05) is 18.5 Å². The predicted molar refractivity (Wildman–Crippen MR) is 81.1 cm³/mol. The van der Waals surface area contributed by atoms with E-state index in [0.717, 1.165) is 35.2 Å². The lowest BCUT2D eigenvalue weighted by Crippen LogP contribution is -2.29. The Labute approximate surface area is 126 Å². The summed E-state index contributed by atoms with van der Waals surface area (Å²) in [6.45, 7) is 2.86. The van der Waals surface area contributed by atoms with E-state index in [1.165, 1.54) is 0 Å². The number of nitrogens with two attached hydrogens (primary N) is 1. The Hall–Kier alpha value is -1.66. The highest BCUT2D eigenvalue weighted by atomic mass is 79.9. The summed E-state index contributed by atoms with van der Waals surface area (Å²) in [5.41, 5.74) is 3.75. The van der Waals surface area contributed by atoms with Crippen LogP contribution in [0.5, 0.6) is 0 Å². The third kappa shape index (κ3) is 3.26. The molecule has 106 valence electrons. The summed E-state index contributed by atoms with van der Waals surface area (Å²) in [6.07, 6.45) is 5.80. The number of nitrogen functional groups attached to an aromatic ring is 1. The van der Waals surface area contributed by atoms with Crippen molar-refractivity contribution in [3.63, 3.8) is 0 Å². The van der Waals surface area contributed by atoms with Gasteiger partial charge in [0.05, 0.1) is 0 Å². The SMILES string of the molecule is CCCc1nccn1Cc1ccc(C(=O)NN)cc1Br. The molecule has 0 fully saturated rings. The maximum absolute atomic E-state index is 11.5. The number of hydrazine groups is 1. The van der Waals surface area contributed by atoms with Crippen LogP contribution in [0.1, 0.15) is 35.1 Å². The standard InChI is InChI=1S/C14H17BrN4O/c1-2-3-13-17-6-7-19(13)9-11-5-4-10(8-12(11)15)14(20)18-16/h4-8H,2-3,9,16H2,1H3,(H,18,20). The summed E-state index contributed by atoms with van der Waals surface area (Å²) in [5, 5.41) is 0. The van der Waals surface area contributed by atoms with Gasteiger partial charge in [-0.1, -0.05) is 28.9 Å². The molecule has 0 aliphatic rings. The zero-order valence-corrected chi connectivity index (χ0v) is 12.9. The first-order valence-electron chi connectivity index (χ1n) is 6.45. The lowest BCUT2D eigenvalue weighted by atomic mass is 10.1.